The van der Waals surface area contributed by atoms with Crippen LogP contribution in [0, 0.1) is 5.92 Å². The molecule has 0 saturated heterocycles. The number of rotatable bonds is 7. The summed E-state index contributed by atoms with van der Waals surface area (Å²) in [5, 5.41) is 6.91. The lowest BCUT2D eigenvalue weighted by molar-refractivity contribution is -0.132. The Bertz CT molecular complexity index is 1520. The molecule has 0 radical (unpaired) electrons. The molecule has 8 nitrogen and oxygen atoms in total. The van der Waals surface area contributed by atoms with E-state index >= 15 is 0 Å². The Kier molecular flexibility index (Phi) is 6.02. The molecule has 3 N–H and O–H groups in total. The summed E-state index contributed by atoms with van der Waals surface area (Å²) in [6, 6.07) is 17.2. The Hall–Kier alpha value is -4.33. The second-order valence-electron chi connectivity index (χ2n) is 10.5. The predicted molar refractivity (Wildman–Crippen MR) is 142 cm³/mol. The van der Waals surface area contributed by atoms with Gasteiger partial charge in [0.1, 0.15) is 17.8 Å². The highest BCUT2D eigenvalue weighted by atomic mass is 16.3. The first-order valence-corrected chi connectivity index (χ1v) is 13.0. The van der Waals surface area contributed by atoms with Gasteiger partial charge in [-0.05, 0) is 47.7 Å². The summed E-state index contributed by atoms with van der Waals surface area (Å²) in [5.74, 6) is 0.0327. The summed E-state index contributed by atoms with van der Waals surface area (Å²) in [6.45, 7) is 4.25. The molecular formula is C30H30N4O4. The molecule has 194 valence electrons. The van der Waals surface area contributed by atoms with Gasteiger partial charge >= 0.3 is 0 Å². The minimum absolute atomic E-state index is 0.169. The molecule has 2 aromatic heterocycles. The topological polar surface area (TPSA) is 107 Å². The van der Waals surface area contributed by atoms with E-state index in [1.165, 1.54) is 0 Å². The van der Waals surface area contributed by atoms with Crippen LogP contribution in [0.2, 0.25) is 0 Å². The average Bonchev–Trinajstić information content (AvgIpc) is 3.63. The number of para-hydroxylation sites is 1. The van der Waals surface area contributed by atoms with Crippen molar-refractivity contribution in [1.29, 1.82) is 0 Å². The number of H-pyrrole nitrogens is 1. The molecule has 3 atom stereocenters. The van der Waals surface area contributed by atoms with Crippen molar-refractivity contribution >= 4 is 28.6 Å². The Morgan fingerprint density at radius 2 is 1.87 bits per heavy atom. The summed E-state index contributed by atoms with van der Waals surface area (Å²) >= 11 is 0. The quantitative estimate of drug-likeness (QED) is 0.348. The molecule has 2 aromatic carbocycles. The highest BCUT2D eigenvalue weighted by Gasteiger charge is 2.49. The highest BCUT2D eigenvalue weighted by Crippen LogP contribution is 2.46. The number of amides is 3. The van der Waals surface area contributed by atoms with Crippen molar-refractivity contribution in [3.05, 3.63) is 95.1 Å². The van der Waals surface area contributed by atoms with Crippen LogP contribution < -0.4 is 10.6 Å². The number of benzene rings is 2. The van der Waals surface area contributed by atoms with Crippen molar-refractivity contribution < 1.29 is 18.8 Å². The van der Waals surface area contributed by atoms with Crippen LogP contribution in [0.3, 0.4) is 0 Å². The highest BCUT2D eigenvalue weighted by molar-refractivity contribution is 6.04. The van der Waals surface area contributed by atoms with Gasteiger partial charge in [0.15, 0.2) is 0 Å². The monoisotopic (exact) mass is 510 g/mol. The number of nitrogens with zero attached hydrogens (tertiary/aromatic N) is 1. The van der Waals surface area contributed by atoms with E-state index in [1.807, 2.05) is 62.4 Å². The largest absolute Gasteiger partial charge is 0.467 e. The molecule has 38 heavy (non-hydrogen) atoms. The van der Waals surface area contributed by atoms with Gasteiger partial charge < -0.3 is 24.9 Å². The zero-order valence-corrected chi connectivity index (χ0v) is 21.4. The summed E-state index contributed by atoms with van der Waals surface area (Å²) in [6.07, 6.45) is 2.39. The molecule has 1 unspecified atom stereocenters. The van der Waals surface area contributed by atoms with Crippen LogP contribution in [-0.2, 0) is 22.6 Å². The molecule has 0 fully saturated rings. The summed E-state index contributed by atoms with van der Waals surface area (Å²) < 4.78 is 5.32. The van der Waals surface area contributed by atoms with Gasteiger partial charge in [0.2, 0.25) is 11.8 Å². The van der Waals surface area contributed by atoms with E-state index in [0.717, 1.165) is 27.7 Å². The number of furan rings is 1. The molecule has 4 aromatic rings. The van der Waals surface area contributed by atoms with Gasteiger partial charge in [0.05, 0.1) is 18.8 Å². The normalized spacial score (nSPS) is 18.7. The maximum absolute atomic E-state index is 13.9. The maximum Gasteiger partial charge on any atom is 0.255 e. The van der Waals surface area contributed by atoms with Crippen LogP contribution in [0.25, 0.3) is 10.9 Å². The van der Waals surface area contributed by atoms with Crippen molar-refractivity contribution in [3.63, 3.8) is 0 Å². The molecule has 4 heterocycles. The van der Waals surface area contributed by atoms with Gasteiger partial charge in [-0.1, -0.05) is 50.2 Å². The van der Waals surface area contributed by atoms with Crippen LogP contribution in [0.4, 0.5) is 0 Å². The van der Waals surface area contributed by atoms with E-state index in [1.54, 1.807) is 23.3 Å². The fourth-order valence-electron chi connectivity index (χ4n) is 5.82. The molecule has 0 spiro atoms. The number of carbonyl (C=O) groups excluding carboxylic acids is 3. The van der Waals surface area contributed by atoms with Gasteiger partial charge in [-0.25, -0.2) is 0 Å². The van der Waals surface area contributed by atoms with E-state index < -0.39 is 12.1 Å². The van der Waals surface area contributed by atoms with E-state index in [2.05, 4.69) is 15.6 Å². The predicted octanol–water partition coefficient (Wildman–Crippen LogP) is 4.08. The van der Waals surface area contributed by atoms with Crippen LogP contribution in [0.1, 0.15) is 59.2 Å². The molecule has 2 aliphatic heterocycles. The van der Waals surface area contributed by atoms with Gasteiger partial charge in [0, 0.05) is 28.6 Å². The lowest BCUT2D eigenvalue weighted by Crippen LogP contribution is -2.56. The SMILES string of the molecule is CC(C)C[C@H](NC(=O)[C@@H]1Cc2c([nH]c3ccccc23)C2c3ccccc3C(=O)N21)C(=O)NCc1ccco1. The van der Waals surface area contributed by atoms with Crippen LogP contribution in [0.5, 0.6) is 0 Å². The molecule has 0 saturated carbocycles. The first-order valence-electron chi connectivity index (χ1n) is 13.0. The molecule has 6 rings (SSSR count). The zero-order valence-electron chi connectivity index (χ0n) is 21.4. The first-order chi connectivity index (χ1) is 18.4. The number of carbonyl (C=O) groups is 3. The summed E-state index contributed by atoms with van der Waals surface area (Å²) in [5.41, 5.74) is 4.46. The molecular weight excluding hydrogens is 480 g/mol. The molecule has 0 bridgehead atoms. The zero-order chi connectivity index (χ0) is 26.4. The number of aromatic amines is 1. The molecule has 0 aliphatic carbocycles. The second-order valence-corrected chi connectivity index (χ2v) is 10.5. The minimum atomic E-state index is -0.751. The minimum Gasteiger partial charge on any atom is -0.467 e. The van der Waals surface area contributed by atoms with Crippen molar-refractivity contribution in [2.75, 3.05) is 0 Å². The van der Waals surface area contributed by atoms with Crippen LogP contribution >= 0.6 is 0 Å². The van der Waals surface area contributed by atoms with E-state index in [-0.39, 0.29) is 36.2 Å². The van der Waals surface area contributed by atoms with Crippen LogP contribution in [0.15, 0.2) is 71.3 Å². The number of hydrogen-bond donors (Lipinski definition) is 3. The third kappa shape index (κ3) is 4.06. The third-order valence-corrected chi connectivity index (χ3v) is 7.51. The van der Waals surface area contributed by atoms with Crippen molar-refractivity contribution in [2.24, 2.45) is 5.92 Å². The Morgan fingerprint density at radius 3 is 2.66 bits per heavy atom. The second kappa shape index (κ2) is 9.52. The molecule has 2 aliphatic rings. The lowest BCUT2D eigenvalue weighted by atomic mass is 9.89. The number of nitrogens with one attached hydrogen (secondary N) is 3. The molecule has 3 amide bonds. The summed E-state index contributed by atoms with van der Waals surface area (Å²) in [4.78, 5) is 45.9. The Morgan fingerprint density at radius 1 is 1.08 bits per heavy atom. The maximum atomic E-state index is 13.9. The van der Waals surface area contributed by atoms with Gasteiger partial charge in [-0.15, -0.1) is 0 Å². The molecule has 8 heteroatoms. The number of fused-ring (bicyclic) bond motifs is 7. The van der Waals surface area contributed by atoms with Gasteiger partial charge in [-0.3, -0.25) is 14.4 Å². The summed E-state index contributed by atoms with van der Waals surface area (Å²) in [7, 11) is 0. The number of hydrogen-bond acceptors (Lipinski definition) is 4. The first kappa shape index (κ1) is 24.0. The fourth-order valence-corrected chi connectivity index (χ4v) is 5.82. The standard InChI is InChI=1S/C30H30N4O4/c1-17(2)14-24(28(35)31-16-18-8-7-13-38-18)33-29(36)25-15-22-19-9-5-6-12-23(19)32-26(22)27-20-10-3-4-11-21(20)30(37)34(25)27/h3-13,17,24-25,27,32H,14-16H2,1-2H3,(H,31,35)(H,33,36)/t24-,25-,27?/m0/s1. The van der Waals surface area contributed by atoms with E-state index in [9.17, 15) is 14.4 Å². The van der Waals surface area contributed by atoms with Crippen molar-refractivity contribution in [3.8, 4) is 0 Å². The van der Waals surface area contributed by atoms with Gasteiger partial charge in [-0.2, -0.15) is 0 Å². The Balaban J connectivity index is 1.33. The van der Waals surface area contributed by atoms with Gasteiger partial charge in [0.25, 0.3) is 5.91 Å². The van der Waals surface area contributed by atoms with Crippen molar-refractivity contribution in [2.45, 2.75) is 51.4 Å². The van der Waals surface area contributed by atoms with E-state index in [0.29, 0.717) is 24.2 Å². The van der Waals surface area contributed by atoms with Crippen molar-refractivity contribution in [1.82, 2.24) is 20.5 Å². The van der Waals surface area contributed by atoms with E-state index in [4.69, 9.17) is 4.42 Å². The van der Waals surface area contributed by atoms with Crippen LogP contribution in [-0.4, -0.2) is 39.7 Å². The number of aromatic nitrogens is 1. The fraction of sp³-hybridized carbons (Fsp3) is 0.300. The Labute approximate surface area is 220 Å². The average molecular weight is 511 g/mol. The lowest BCUT2D eigenvalue weighted by Gasteiger charge is -2.37. The smallest absolute Gasteiger partial charge is 0.255 e. The third-order valence-electron chi connectivity index (χ3n) is 7.51.